The summed E-state index contributed by atoms with van der Waals surface area (Å²) in [6.45, 7) is 8.28. The van der Waals surface area contributed by atoms with Gasteiger partial charge in [0.15, 0.2) is 5.96 Å². The Labute approximate surface area is 150 Å². The molecule has 1 unspecified atom stereocenters. The fraction of sp³-hybridized carbons (Fsp3) is 0.579. The van der Waals surface area contributed by atoms with Crippen molar-refractivity contribution in [3.8, 4) is 0 Å². The van der Waals surface area contributed by atoms with Gasteiger partial charge in [0, 0.05) is 13.1 Å². The molecular weight excluding hydrogens is 319 g/mol. The van der Waals surface area contributed by atoms with E-state index >= 15 is 0 Å². The number of aliphatic imine (C=N–C) groups is 1. The largest absolute Gasteiger partial charge is 0.369 e. The number of halogens is 1. The van der Waals surface area contributed by atoms with Crippen LogP contribution in [-0.2, 0) is 11.2 Å². The van der Waals surface area contributed by atoms with Crippen LogP contribution in [0.1, 0.15) is 39.2 Å². The van der Waals surface area contributed by atoms with Crippen LogP contribution in [0.25, 0.3) is 0 Å². The zero-order valence-corrected chi connectivity index (χ0v) is 15.5. The number of primary amides is 1. The summed E-state index contributed by atoms with van der Waals surface area (Å²) in [6, 6.07) is 6.11. The lowest BCUT2D eigenvalue weighted by molar-refractivity contribution is -0.121. The van der Waals surface area contributed by atoms with Crippen molar-refractivity contribution in [2.45, 2.75) is 40.0 Å². The second-order valence-corrected chi connectivity index (χ2v) is 6.61. The highest BCUT2D eigenvalue weighted by molar-refractivity contribution is 5.81. The van der Waals surface area contributed by atoms with Crippen molar-refractivity contribution in [3.63, 3.8) is 0 Å². The van der Waals surface area contributed by atoms with Crippen molar-refractivity contribution in [2.75, 3.05) is 19.6 Å². The smallest absolute Gasteiger partial charge is 0.222 e. The molecule has 0 saturated carbocycles. The van der Waals surface area contributed by atoms with Crippen LogP contribution in [0.3, 0.4) is 0 Å². The molecular formula is C19H31FN4O. The molecule has 0 spiro atoms. The minimum absolute atomic E-state index is 0.294. The van der Waals surface area contributed by atoms with E-state index in [0.29, 0.717) is 24.8 Å². The fourth-order valence-electron chi connectivity index (χ4n) is 2.42. The maximum Gasteiger partial charge on any atom is 0.222 e. The van der Waals surface area contributed by atoms with Crippen LogP contribution in [0.15, 0.2) is 29.3 Å². The number of amides is 1. The Morgan fingerprint density at radius 1 is 1.24 bits per heavy atom. The summed E-state index contributed by atoms with van der Waals surface area (Å²) in [5.74, 6) is 0.255. The zero-order chi connectivity index (χ0) is 18.7. The number of benzene rings is 1. The number of nitrogens with one attached hydrogen (secondary N) is 2. The quantitative estimate of drug-likeness (QED) is 0.344. The van der Waals surface area contributed by atoms with Crippen LogP contribution in [0.5, 0.6) is 0 Å². The van der Waals surface area contributed by atoms with E-state index in [0.717, 1.165) is 31.5 Å². The van der Waals surface area contributed by atoms with Gasteiger partial charge in [-0.05, 0) is 49.8 Å². The average molecular weight is 350 g/mol. The summed E-state index contributed by atoms with van der Waals surface area (Å²) in [5.41, 5.74) is 6.38. The Balaban J connectivity index is 2.61. The van der Waals surface area contributed by atoms with Gasteiger partial charge in [-0.3, -0.25) is 9.79 Å². The van der Waals surface area contributed by atoms with Crippen LogP contribution in [-0.4, -0.2) is 31.5 Å². The number of nitrogens with zero attached hydrogens (tertiary/aromatic N) is 1. The molecule has 0 fully saturated rings. The first-order valence-electron chi connectivity index (χ1n) is 8.98. The van der Waals surface area contributed by atoms with E-state index in [-0.39, 0.29) is 5.82 Å². The van der Waals surface area contributed by atoms with E-state index in [9.17, 15) is 9.18 Å². The standard InChI is InChI=1S/C19H31FN4O/c1-4-22-19(23-11-5-6-14(2)3)24-13-16(18(21)25)12-15-7-9-17(20)10-8-15/h7-10,14,16H,4-6,11-13H2,1-3H3,(H2,21,25)(H2,22,23,24). The molecule has 6 heteroatoms. The van der Waals surface area contributed by atoms with Crippen molar-refractivity contribution in [1.82, 2.24) is 10.6 Å². The van der Waals surface area contributed by atoms with Gasteiger partial charge in [0.25, 0.3) is 0 Å². The van der Waals surface area contributed by atoms with Crippen molar-refractivity contribution < 1.29 is 9.18 Å². The van der Waals surface area contributed by atoms with E-state index in [2.05, 4.69) is 29.5 Å². The first-order valence-corrected chi connectivity index (χ1v) is 8.98. The summed E-state index contributed by atoms with van der Waals surface area (Å²) in [7, 11) is 0. The Morgan fingerprint density at radius 3 is 2.48 bits per heavy atom. The lowest BCUT2D eigenvalue weighted by atomic mass is 9.99. The minimum Gasteiger partial charge on any atom is -0.369 e. The molecule has 1 aromatic rings. The molecule has 0 radical (unpaired) electrons. The molecule has 0 aliphatic carbocycles. The Kier molecular flexibility index (Phi) is 9.58. The van der Waals surface area contributed by atoms with E-state index in [1.807, 2.05) is 6.92 Å². The van der Waals surface area contributed by atoms with E-state index in [1.54, 1.807) is 12.1 Å². The van der Waals surface area contributed by atoms with E-state index in [1.165, 1.54) is 12.1 Å². The maximum atomic E-state index is 13.0. The van der Waals surface area contributed by atoms with Crippen molar-refractivity contribution >= 4 is 11.9 Å². The molecule has 0 heterocycles. The third-order valence-electron chi connectivity index (χ3n) is 3.86. The molecule has 1 amide bonds. The number of hydrogen-bond acceptors (Lipinski definition) is 2. The highest BCUT2D eigenvalue weighted by Gasteiger charge is 2.16. The van der Waals surface area contributed by atoms with Crippen LogP contribution < -0.4 is 16.4 Å². The topological polar surface area (TPSA) is 79.5 Å². The van der Waals surface area contributed by atoms with Crippen LogP contribution >= 0.6 is 0 Å². The SMILES string of the molecule is CCNC(=NCC(Cc1ccc(F)cc1)C(N)=O)NCCCC(C)C. The molecule has 1 rings (SSSR count). The lowest BCUT2D eigenvalue weighted by Gasteiger charge is -2.15. The Bertz CT molecular complexity index is 543. The van der Waals surface area contributed by atoms with Crippen molar-refractivity contribution in [3.05, 3.63) is 35.6 Å². The first-order chi connectivity index (χ1) is 11.9. The van der Waals surface area contributed by atoms with Gasteiger partial charge < -0.3 is 16.4 Å². The predicted molar refractivity (Wildman–Crippen MR) is 101 cm³/mol. The summed E-state index contributed by atoms with van der Waals surface area (Å²) < 4.78 is 13.0. The molecule has 0 aliphatic rings. The molecule has 5 nitrogen and oxygen atoms in total. The lowest BCUT2D eigenvalue weighted by Crippen LogP contribution is -2.39. The van der Waals surface area contributed by atoms with Gasteiger partial charge in [-0.1, -0.05) is 26.0 Å². The zero-order valence-electron chi connectivity index (χ0n) is 15.5. The predicted octanol–water partition coefficient (Wildman–Crippen LogP) is 2.46. The van der Waals surface area contributed by atoms with Gasteiger partial charge in [0.05, 0.1) is 12.5 Å². The molecule has 1 atom stereocenters. The molecule has 0 bridgehead atoms. The average Bonchev–Trinajstić information content (AvgIpc) is 2.56. The van der Waals surface area contributed by atoms with Gasteiger partial charge in [-0.15, -0.1) is 0 Å². The normalized spacial score (nSPS) is 12.9. The number of hydrogen-bond donors (Lipinski definition) is 3. The second-order valence-electron chi connectivity index (χ2n) is 6.61. The van der Waals surface area contributed by atoms with Crippen molar-refractivity contribution in [1.29, 1.82) is 0 Å². The van der Waals surface area contributed by atoms with Gasteiger partial charge in [0.1, 0.15) is 5.82 Å². The highest BCUT2D eigenvalue weighted by Crippen LogP contribution is 2.10. The van der Waals surface area contributed by atoms with Gasteiger partial charge in [0.2, 0.25) is 5.91 Å². The van der Waals surface area contributed by atoms with Crippen molar-refractivity contribution in [2.24, 2.45) is 22.6 Å². The maximum absolute atomic E-state index is 13.0. The molecule has 1 aromatic carbocycles. The van der Waals surface area contributed by atoms with E-state index in [4.69, 9.17) is 5.73 Å². The third-order valence-corrected chi connectivity index (χ3v) is 3.86. The molecule has 140 valence electrons. The number of guanidine groups is 1. The molecule has 0 aromatic heterocycles. The van der Waals surface area contributed by atoms with Crippen LogP contribution in [0, 0.1) is 17.7 Å². The number of rotatable bonds is 10. The summed E-state index contributed by atoms with van der Waals surface area (Å²) in [4.78, 5) is 16.2. The van der Waals surface area contributed by atoms with Gasteiger partial charge in [-0.2, -0.15) is 0 Å². The van der Waals surface area contributed by atoms with E-state index < -0.39 is 11.8 Å². The summed E-state index contributed by atoms with van der Waals surface area (Å²) in [5, 5.41) is 6.45. The third kappa shape index (κ3) is 9.08. The molecule has 0 aliphatic heterocycles. The fourth-order valence-corrected chi connectivity index (χ4v) is 2.42. The molecule has 0 saturated heterocycles. The van der Waals surface area contributed by atoms with Gasteiger partial charge >= 0.3 is 0 Å². The highest BCUT2D eigenvalue weighted by atomic mass is 19.1. The van der Waals surface area contributed by atoms with Crippen LogP contribution in [0.4, 0.5) is 4.39 Å². The van der Waals surface area contributed by atoms with Crippen LogP contribution in [0.2, 0.25) is 0 Å². The second kappa shape index (κ2) is 11.4. The Hall–Kier alpha value is -2.11. The Morgan fingerprint density at radius 2 is 1.92 bits per heavy atom. The van der Waals surface area contributed by atoms with Gasteiger partial charge in [-0.25, -0.2) is 4.39 Å². The number of carbonyl (C=O) groups is 1. The monoisotopic (exact) mass is 350 g/mol. The first kappa shape index (κ1) is 20.9. The number of carbonyl (C=O) groups excluding carboxylic acids is 1. The number of nitrogens with two attached hydrogens (primary N) is 1. The molecule has 25 heavy (non-hydrogen) atoms. The molecule has 4 N–H and O–H groups in total. The summed E-state index contributed by atoms with van der Waals surface area (Å²) >= 11 is 0. The minimum atomic E-state index is -0.420. The summed E-state index contributed by atoms with van der Waals surface area (Å²) in [6.07, 6.45) is 2.67.